The van der Waals surface area contributed by atoms with Gasteiger partial charge in [0.1, 0.15) is 17.6 Å². The summed E-state index contributed by atoms with van der Waals surface area (Å²) in [6.45, 7) is 5.85. The van der Waals surface area contributed by atoms with E-state index in [0.29, 0.717) is 5.69 Å². The largest absolute Gasteiger partial charge is 0.353 e. The van der Waals surface area contributed by atoms with E-state index in [1.807, 2.05) is 12.1 Å². The average Bonchev–Trinajstić information content (AvgIpc) is 2.45. The Morgan fingerprint density at radius 1 is 1.21 bits per heavy atom. The Morgan fingerprint density at radius 3 is 2.68 bits per heavy atom. The van der Waals surface area contributed by atoms with Crippen molar-refractivity contribution in [3.8, 4) is 6.07 Å². The molecule has 0 atom stereocenters. The van der Waals surface area contributed by atoms with E-state index >= 15 is 0 Å². The number of rotatable bonds is 4. The number of hydrogen-bond acceptors (Lipinski definition) is 3. The van der Waals surface area contributed by atoms with E-state index in [1.165, 1.54) is 11.1 Å². The van der Waals surface area contributed by atoms with Crippen molar-refractivity contribution >= 4 is 5.82 Å². The van der Waals surface area contributed by atoms with Gasteiger partial charge in [0, 0.05) is 13.1 Å². The summed E-state index contributed by atoms with van der Waals surface area (Å²) in [6, 6.07) is 16.1. The van der Waals surface area contributed by atoms with Crippen LogP contribution in [0.1, 0.15) is 23.7 Å². The number of aryl methyl sites for hydroxylation is 1. The van der Waals surface area contributed by atoms with Crippen LogP contribution in [-0.2, 0) is 6.54 Å². The molecule has 0 spiro atoms. The van der Waals surface area contributed by atoms with Crippen LogP contribution in [0.25, 0.3) is 0 Å². The van der Waals surface area contributed by atoms with Crippen molar-refractivity contribution in [3.05, 3.63) is 59.3 Å². The van der Waals surface area contributed by atoms with Crippen LogP contribution < -0.4 is 4.90 Å². The zero-order valence-electron chi connectivity index (χ0n) is 11.3. The van der Waals surface area contributed by atoms with Crippen molar-refractivity contribution in [1.82, 2.24) is 4.98 Å². The lowest BCUT2D eigenvalue weighted by Gasteiger charge is -2.22. The molecule has 0 N–H and O–H groups in total. The van der Waals surface area contributed by atoms with Crippen molar-refractivity contribution in [3.63, 3.8) is 0 Å². The highest BCUT2D eigenvalue weighted by molar-refractivity contribution is 5.42. The molecule has 0 radical (unpaired) electrons. The molecule has 3 nitrogen and oxygen atoms in total. The van der Waals surface area contributed by atoms with E-state index in [2.05, 4.69) is 54.1 Å². The van der Waals surface area contributed by atoms with Gasteiger partial charge < -0.3 is 4.90 Å². The summed E-state index contributed by atoms with van der Waals surface area (Å²) in [6.07, 6.45) is 0. The van der Waals surface area contributed by atoms with Gasteiger partial charge in [-0.3, -0.25) is 0 Å². The topological polar surface area (TPSA) is 39.9 Å². The molecule has 0 saturated heterocycles. The van der Waals surface area contributed by atoms with Gasteiger partial charge in [0.2, 0.25) is 0 Å². The van der Waals surface area contributed by atoms with Crippen LogP contribution >= 0.6 is 0 Å². The normalized spacial score (nSPS) is 9.95. The minimum Gasteiger partial charge on any atom is -0.353 e. The van der Waals surface area contributed by atoms with E-state index in [1.54, 1.807) is 6.07 Å². The van der Waals surface area contributed by atoms with Gasteiger partial charge >= 0.3 is 0 Å². The van der Waals surface area contributed by atoms with Gasteiger partial charge in [0.25, 0.3) is 0 Å². The summed E-state index contributed by atoms with van der Waals surface area (Å²) in [7, 11) is 0. The lowest BCUT2D eigenvalue weighted by molar-refractivity contribution is 0.812. The molecule has 0 aliphatic heterocycles. The summed E-state index contributed by atoms with van der Waals surface area (Å²) in [5.41, 5.74) is 2.97. The van der Waals surface area contributed by atoms with Crippen LogP contribution in [0, 0.1) is 18.3 Å². The number of nitrogens with zero attached hydrogens (tertiary/aromatic N) is 3. The number of aromatic nitrogens is 1. The van der Waals surface area contributed by atoms with Crippen LogP contribution in [0.5, 0.6) is 0 Å². The quantitative estimate of drug-likeness (QED) is 0.837. The van der Waals surface area contributed by atoms with Crippen LogP contribution in [-0.4, -0.2) is 11.5 Å². The predicted molar refractivity (Wildman–Crippen MR) is 76.9 cm³/mol. The van der Waals surface area contributed by atoms with Gasteiger partial charge in [-0.2, -0.15) is 5.26 Å². The first-order chi connectivity index (χ1) is 9.22. The molecule has 1 heterocycles. The minimum atomic E-state index is 0.459. The fourth-order valence-electron chi connectivity index (χ4n) is 2.05. The van der Waals surface area contributed by atoms with E-state index in [4.69, 9.17) is 5.26 Å². The Kier molecular flexibility index (Phi) is 4.15. The molecule has 3 heteroatoms. The summed E-state index contributed by atoms with van der Waals surface area (Å²) in [5, 5.41) is 8.91. The molecular formula is C16H17N3. The molecule has 0 aliphatic rings. The van der Waals surface area contributed by atoms with Gasteiger partial charge in [-0.05, 0) is 31.5 Å². The molecule has 19 heavy (non-hydrogen) atoms. The van der Waals surface area contributed by atoms with E-state index in [0.717, 1.165) is 18.9 Å². The highest BCUT2D eigenvalue weighted by Crippen LogP contribution is 2.15. The summed E-state index contributed by atoms with van der Waals surface area (Å²) in [4.78, 5) is 6.51. The molecule has 1 aromatic carbocycles. The number of nitriles is 1. The van der Waals surface area contributed by atoms with Crippen molar-refractivity contribution in [2.24, 2.45) is 0 Å². The van der Waals surface area contributed by atoms with Crippen molar-refractivity contribution in [2.75, 3.05) is 11.4 Å². The van der Waals surface area contributed by atoms with Crippen molar-refractivity contribution in [1.29, 1.82) is 5.26 Å². The molecule has 2 aromatic rings. The Balaban J connectivity index is 2.22. The molecule has 2 rings (SSSR count). The number of anilines is 1. The average molecular weight is 251 g/mol. The second-order valence-corrected chi connectivity index (χ2v) is 4.50. The van der Waals surface area contributed by atoms with Gasteiger partial charge in [0.15, 0.2) is 0 Å². The van der Waals surface area contributed by atoms with Crippen molar-refractivity contribution < 1.29 is 0 Å². The Morgan fingerprint density at radius 2 is 2.00 bits per heavy atom. The Labute approximate surface area is 114 Å². The highest BCUT2D eigenvalue weighted by Gasteiger charge is 2.07. The molecular weight excluding hydrogens is 234 g/mol. The van der Waals surface area contributed by atoms with Crippen LogP contribution in [0.3, 0.4) is 0 Å². The first kappa shape index (κ1) is 13.1. The summed E-state index contributed by atoms with van der Waals surface area (Å²) >= 11 is 0. The Bertz CT molecular complexity index is 599. The maximum absolute atomic E-state index is 8.91. The highest BCUT2D eigenvalue weighted by atomic mass is 15.2. The van der Waals surface area contributed by atoms with Gasteiger partial charge in [0.05, 0.1) is 0 Å². The monoisotopic (exact) mass is 251 g/mol. The van der Waals surface area contributed by atoms with Crippen molar-refractivity contribution in [2.45, 2.75) is 20.4 Å². The van der Waals surface area contributed by atoms with Crippen LogP contribution in [0.15, 0.2) is 42.5 Å². The Hall–Kier alpha value is -2.34. The lowest BCUT2D eigenvalue weighted by atomic mass is 10.1. The fraction of sp³-hybridized carbons (Fsp3) is 0.250. The smallest absolute Gasteiger partial charge is 0.142 e. The standard InChI is InChI=1S/C16H17N3/c1-3-19(12-14-7-4-6-13(2)10-14)16-9-5-8-15(11-17)18-16/h4-10H,3,12H2,1-2H3. The second-order valence-electron chi connectivity index (χ2n) is 4.50. The summed E-state index contributed by atoms with van der Waals surface area (Å²) < 4.78 is 0. The third-order valence-corrected chi connectivity index (χ3v) is 3.01. The number of hydrogen-bond donors (Lipinski definition) is 0. The van der Waals surface area contributed by atoms with Crippen LogP contribution in [0.4, 0.5) is 5.82 Å². The lowest BCUT2D eigenvalue weighted by Crippen LogP contribution is -2.23. The SMILES string of the molecule is CCN(Cc1cccc(C)c1)c1cccc(C#N)n1. The van der Waals surface area contributed by atoms with Crippen LogP contribution in [0.2, 0.25) is 0 Å². The minimum absolute atomic E-state index is 0.459. The number of pyridine rings is 1. The van der Waals surface area contributed by atoms with E-state index in [-0.39, 0.29) is 0 Å². The molecule has 0 bridgehead atoms. The van der Waals surface area contributed by atoms with Gasteiger partial charge in [-0.25, -0.2) is 4.98 Å². The van der Waals surface area contributed by atoms with E-state index < -0.39 is 0 Å². The second kappa shape index (κ2) is 6.01. The molecule has 96 valence electrons. The molecule has 0 saturated carbocycles. The molecule has 0 unspecified atom stereocenters. The first-order valence-electron chi connectivity index (χ1n) is 6.40. The third kappa shape index (κ3) is 3.32. The maximum Gasteiger partial charge on any atom is 0.142 e. The number of benzene rings is 1. The summed E-state index contributed by atoms with van der Waals surface area (Å²) in [5.74, 6) is 0.850. The molecule has 1 aromatic heterocycles. The molecule has 0 aliphatic carbocycles. The third-order valence-electron chi connectivity index (χ3n) is 3.01. The molecule has 0 amide bonds. The predicted octanol–water partition coefficient (Wildman–Crippen LogP) is 3.29. The van der Waals surface area contributed by atoms with Gasteiger partial charge in [-0.1, -0.05) is 35.9 Å². The fourth-order valence-corrected chi connectivity index (χ4v) is 2.05. The van der Waals surface area contributed by atoms with Gasteiger partial charge in [-0.15, -0.1) is 0 Å². The van der Waals surface area contributed by atoms with E-state index in [9.17, 15) is 0 Å². The first-order valence-corrected chi connectivity index (χ1v) is 6.40. The zero-order chi connectivity index (χ0) is 13.7. The zero-order valence-corrected chi connectivity index (χ0v) is 11.3. The molecule has 0 fully saturated rings. The maximum atomic E-state index is 8.91.